The van der Waals surface area contributed by atoms with Crippen molar-refractivity contribution in [1.29, 1.82) is 0 Å². The second-order valence-corrected chi connectivity index (χ2v) is 7.61. The van der Waals surface area contributed by atoms with Gasteiger partial charge in [0.25, 0.3) is 0 Å². The molecule has 0 atom stereocenters. The number of phenolic OH excluding ortho intramolecular Hbond substituents is 1. The van der Waals surface area contributed by atoms with Crippen LogP contribution in [0.1, 0.15) is 22.3 Å². The van der Waals surface area contributed by atoms with Gasteiger partial charge in [0.05, 0.1) is 0 Å². The molecule has 0 aliphatic heterocycles. The Kier molecular flexibility index (Phi) is 4.85. The fraction of sp³-hybridized carbons (Fsp3) is 0.160. The van der Waals surface area contributed by atoms with Crippen molar-refractivity contribution < 1.29 is 5.11 Å². The molecule has 0 bridgehead atoms. The van der Waals surface area contributed by atoms with Crippen LogP contribution in [-0.2, 0) is 0 Å². The van der Waals surface area contributed by atoms with Crippen molar-refractivity contribution in [3.63, 3.8) is 0 Å². The summed E-state index contributed by atoms with van der Waals surface area (Å²) in [5.74, 6) is 2.09. The lowest BCUT2D eigenvalue weighted by atomic mass is 10.1. The van der Waals surface area contributed by atoms with Crippen LogP contribution in [-0.4, -0.2) is 20.1 Å². The Morgan fingerprint density at radius 1 is 0.483 bits per heavy atom. The molecule has 0 aliphatic rings. The molecule has 0 unspecified atom stereocenters. The maximum atomic E-state index is 9.64. The zero-order valence-corrected chi connectivity index (χ0v) is 17.1. The van der Waals surface area contributed by atoms with Gasteiger partial charge in [-0.15, -0.1) is 0 Å². The van der Waals surface area contributed by atoms with Crippen molar-refractivity contribution in [3.8, 4) is 39.9 Å². The van der Waals surface area contributed by atoms with Crippen molar-refractivity contribution in [2.45, 2.75) is 27.7 Å². The molecule has 0 amide bonds. The Morgan fingerprint density at radius 3 is 1.21 bits per heavy atom. The van der Waals surface area contributed by atoms with Gasteiger partial charge in [0.1, 0.15) is 5.75 Å². The van der Waals surface area contributed by atoms with Crippen LogP contribution in [0.3, 0.4) is 0 Å². The number of aromatic nitrogens is 3. The Bertz CT molecular complexity index is 1090. The molecule has 1 N–H and O–H groups in total. The van der Waals surface area contributed by atoms with Gasteiger partial charge in [0.15, 0.2) is 17.5 Å². The first-order valence-electron chi connectivity index (χ1n) is 9.60. The summed E-state index contributed by atoms with van der Waals surface area (Å²) in [5, 5.41) is 9.64. The fourth-order valence-corrected chi connectivity index (χ4v) is 3.58. The van der Waals surface area contributed by atoms with Crippen molar-refractivity contribution in [2.75, 3.05) is 0 Å². The van der Waals surface area contributed by atoms with E-state index in [-0.39, 0.29) is 5.75 Å². The lowest BCUT2D eigenvalue weighted by Crippen LogP contribution is -2.01. The molecular formula is C25H23N3O. The largest absolute Gasteiger partial charge is 0.508 e. The smallest absolute Gasteiger partial charge is 0.164 e. The number of benzene rings is 3. The Balaban J connectivity index is 1.95. The number of aromatic hydroxyl groups is 1. The number of nitrogens with zero attached hydrogens (tertiary/aromatic N) is 3. The van der Waals surface area contributed by atoms with Crippen molar-refractivity contribution in [1.82, 2.24) is 15.0 Å². The summed E-state index contributed by atoms with van der Waals surface area (Å²) in [7, 11) is 0. The first-order valence-corrected chi connectivity index (χ1v) is 9.60. The first-order chi connectivity index (χ1) is 13.9. The molecule has 4 heteroatoms. The van der Waals surface area contributed by atoms with E-state index >= 15 is 0 Å². The Labute approximate surface area is 171 Å². The lowest BCUT2D eigenvalue weighted by Gasteiger charge is -2.10. The first kappa shape index (κ1) is 18.8. The van der Waals surface area contributed by atoms with E-state index in [0.29, 0.717) is 17.5 Å². The SMILES string of the molecule is Cc1cc(C)cc(-c2nc(-c3ccc(O)cc3)nc(-c3cc(C)cc(C)c3)n2)c1. The molecule has 0 aliphatic carbocycles. The standard InChI is InChI=1S/C25H23N3O/c1-15-9-16(2)12-20(11-15)24-26-23(19-5-7-22(29)8-6-19)27-25(28-24)21-13-17(3)10-18(4)14-21/h5-14,29H,1-4H3. The minimum absolute atomic E-state index is 0.215. The molecule has 29 heavy (non-hydrogen) atoms. The van der Waals surface area contributed by atoms with Gasteiger partial charge in [-0.25, -0.2) is 15.0 Å². The summed E-state index contributed by atoms with van der Waals surface area (Å²) < 4.78 is 0. The van der Waals surface area contributed by atoms with E-state index in [0.717, 1.165) is 16.7 Å². The molecule has 3 aromatic carbocycles. The molecule has 1 heterocycles. The Morgan fingerprint density at radius 2 is 0.828 bits per heavy atom. The fourth-order valence-electron chi connectivity index (χ4n) is 3.58. The van der Waals surface area contributed by atoms with Gasteiger partial charge in [-0.1, -0.05) is 34.4 Å². The van der Waals surface area contributed by atoms with E-state index in [2.05, 4.69) is 64.1 Å². The second kappa shape index (κ2) is 7.47. The highest BCUT2D eigenvalue weighted by Gasteiger charge is 2.13. The van der Waals surface area contributed by atoms with E-state index in [9.17, 15) is 5.11 Å². The van der Waals surface area contributed by atoms with Crippen LogP contribution in [0.15, 0.2) is 60.7 Å². The second-order valence-electron chi connectivity index (χ2n) is 7.61. The lowest BCUT2D eigenvalue weighted by molar-refractivity contribution is 0.475. The molecule has 0 radical (unpaired) electrons. The van der Waals surface area contributed by atoms with Crippen LogP contribution in [0.2, 0.25) is 0 Å². The van der Waals surface area contributed by atoms with Crippen LogP contribution in [0.25, 0.3) is 34.2 Å². The number of phenols is 1. The zero-order valence-electron chi connectivity index (χ0n) is 17.1. The monoisotopic (exact) mass is 381 g/mol. The minimum atomic E-state index is 0.215. The highest BCUT2D eigenvalue weighted by molar-refractivity contribution is 5.68. The molecule has 4 aromatic rings. The van der Waals surface area contributed by atoms with Crippen LogP contribution in [0.5, 0.6) is 5.75 Å². The van der Waals surface area contributed by atoms with Crippen molar-refractivity contribution in [3.05, 3.63) is 82.9 Å². The van der Waals surface area contributed by atoms with Gasteiger partial charge < -0.3 is 5.11 Å². The third-order valence-electron chi connectivity index (χ3n) is 4.72. The maximum absolute atomic E-state index is 9.64. The maximum Gasteiger partial charge on any atom is 0.164 e. The van der Waals surface area contributed by atoms with E-state index < -0.39 is 0 Å². The molecule has 0 saturated carbocycles. The number of rotatable bonds is 3. The van der Waals surface area contributed by atoms with E-state index in [1.165, 1.54) is 22.3 Å². The molecule has 0 spiro atoms. The normalized spacial score (nSPS) is 10.9. The van der Waals surface area contributed by atoms with Gasteiger partial charge in [0.2, 0.25) is 0 Å². The minimum Gasteiger partial charge on any atom is -0.508 e. The molecule has 0 fully saturated rings. The molecule has 4 nitrogen and oxygen atoms in total. The summed E-state index contributed by atoms with van der Waals surface area (Å²) >= 11 is 0. The summed E-state index contributed by atoms with van der Waals surface area (Å²) in [4.78, 5) is 14.3. The van der Waals surface area contributed by atoms with Gasteiger partial charge >= 0.3 is 0 Å². The third-order valence-corrected chi connectivity index (χ3v) is 4.72. The van der Waals surface area contributed by atoms with Crippen LogP contribution in [0, 0.1) is 27.7 Å². The molecule has 0 saturated heterocycles. The van der Waals surface area contributed by atoms with Crippen LogP contribution >= 0.6 is 0 Å². The van der Waals surface area contributed by atoms with Crippen LogP contribution in [0.4, 0.5) is 0 Å². The zero-order chi connectivity index (χ0) is 20.5. The van der Waals surface area contributed by atoms with Gasteiger partial charge in [0, 0.05) is 16.7 Å². The Hall–Kier alpha value is -3.53. The highest BCUT2D eigenvalue weighted by Crippen LogP contribution is 2.27. The summed E-state index contributed by atoms with van der Waals surface area (Å²) in [5.41, 5.74) is 7.44. The highest BCUT2D eigenvalue weighted by atomic mass is 16.3. The van der Waals surface area contributed by atoms with E-state index in [4.69, 9.17) is 15.0 Å². The van der Waals surface area contributed by atoms with Gasteiger partial charge in [-0.05, 0) is 76.2 Å². The summed E-state index contributed by atoms with van der Waals surface area (Å²) in [6, 6.07) is 19.6. The molecule has 144 valence electrons. The molecule has 4 rings (SSSR count). The van der Waals surface area contributed by atoms with Gasteiger partial charge in [-0.2, -0.15) is 0 Å². The predicted octanol–water partition coefficient (Wildman–Crippen LogP) is 5.81. The topological polar surface area (TPSA) is 58.9 Å². The van der Waals surface area contributed by atoms with Crippen LogP contribution < -0.4 is 0 Å². The summed E-state index contributed by atoms with van der Waals surface area (Å²) in [6.45, 7) is 8.29. The van der Waals surface area contributed by atoms with E-state index in [1.54, 1.807) is 12.1 Å². The number of hydrogen-bond acceptors (Lipinski definition) is 4. The van der Waals surface area contributed by atoms with E-state index in [1.807, 2.05) is 12.1 Å². The number of aryl methyl sites for hydroxylation is 4. The van der Waals surface area contributed by atoms with Gasteiger partial charge in [-0.3, -0.25) is 0 Å². The van der Waals surface area contributed by atoms with Crippen molar-refractivity contribution >= 4 is 0 Å². The predicted molar refractivity (Wildman–Crippen MR) is 117 cm³/mol. The van der Waals surface area contributed by atoms with Crippen molar-refractivity contribution in [2.24, 2.45) is 0 Å². The molecule has 1 aromatic heterocycles. The quantitative estimate of drug-likeness (QED) is 0.486. The summed E-state index contributed by atoms with van der Waals surface area (Å²) in [6.07, 6.45) is 0. The molecular weight excluding hydrogens is 358 g/mol. The number of hydrogen-bond donors (Lipinski definition) is 1. The average Bonchev–Trinajstić information content (AvgIpc) is 2.67. The third kappa shape index (κ3) is 4.16. The average molecular weight is 381 g/mol.